The number of ether oxygens (including phenoxy) is 2. The van der Waals surface area contributed by atoms with Gasteiger partial charge in [-0.25, -0.2) is 9.78 Å². The van der Waals surface area contributed by atoms with Gasteiger partial charge in [-0.1, -0.05) is 0 Å². The summed E-state index contributed by atoms with van der Waals surface area (Å²) in [4.78, 5) is 14.8. The largest absolute Gasteiger partial charge is 0.493 e. The third-order valence-corrected chi connectivity index (χ3v) is 5.50. The molecule has 0 radical (unpaired) electrons. The number of aliphatic carboxylic acids is 1. The number of alkyl halides is 3. The van der Waals surface area contributed by atoms with E-state index in [1.807, 2.05) is 25.3 Å². The second-order valence-corrected chi connectivity index (χ2v) is 8.02. The number of carboxylic acid groups (broad SMARTS) is 1. The first-order chi connectivity index (χ1) is 16.6. The Kier molecular flexibility index (Phi) is 6.72. The van der Waals surface area contributed by atoms with E-state index in [9.17, 15) is 23.1 Å². The van der Waals surface area contributed by atoms with Gasteiger partial charge in [0.25, 0.3) is 0 Å². The Labute approximate surface area is 198 Å². The second-order valence-electron chi connectivity index (χ2n) is 8.02. The highest BCUT2D eigenvalue weighted by atomic mass is 19.4. The monoisotopic (exact) mass is 488 g/mol. The minimum absolute atomic E-state index is 0.114. The molecule has 2 aromatic heterocycles. The van der Waals surface area contributed by atoms with Crippen molar-refractivity contribution >= 4 is 16.9 Å². The van der Waals surface area contributed by atoms with Gasteiger partial charge < -0.3 is 23.6 Å². The summed E-state index contributed by atoms with van der Waals surface area (Å²) in [5.74, 6) is 0.222. The van der Waals surface area contributed by atoms with Gasteiger partial charge in [0.05, 0.1) is 13.2 Å². The topological polar surface area (TPSA) is 86.7 Å². The molecule has 1 N–H and O–H groups in total. The number of nitrogens with zero attached hydrogens (tertiary/aromatic N) is 2. The molecule has 35 heavy (non-hydrogen) atoms. The zero-order valence-corrected chi connectivity index (χ0v) is 19.0. The number of hydrogen-bond donors (Lipinski definition) is 1. The molecular weight excluding hydrogens is 465 g/mol. The molecule has 0 aliphatic carbocycles. The number of benzene rings is 2. The highest BCUT2D eigenvalue weighted by molar-refractivity contribution is 5.87. The van der Waals surface area contributed by atoms with Gasteiger partial charge in [-0.2, -0.15) is 13.2 Å². The molecule has 4 rings (SSSR count). The third kappa shape index (κ3) is 5.42. The summed E-state index contributed by atoms with van der Waals surface area (Å²) in [7, 11) is 0. The van der Waals surface area contributed by atoms with Gasteiger partial charge >= 0.3 is 12.1 Å². The minimum Gasteiger partial charge on any atom is -0.493 e. The van der Waals surface area contributed by atoms with E-state index in [1.54, 1.807) is 41.8 Å². The lowest BCUT2D eigenvalue weighted by molar-refractivity contribution is -0.141. The van der Waals surface area contributed by atoms with Gasteiger partial charge in [0.1, 0.15) is 23.8 Å². The van der Waals surface area contributed by atoms with E-state index >= 15 is 0 Å². The summed E-state index contributed by atoms with van der Waals surface area (Å²) in [6, 6.07) is 11.3. The first kappa shape index (κ1) is 24.2. The number of oxazole rings is 1. The standard InChI is InChI=1S/C25H23F3N2O5/c1-15-13-30(16(2)24(31)32)21-9-8-19(12-20(15)21)34-11-3-10-33-18-6-4-17(5-7-18)23-29-22(14-35-23)25(26,27)28/h4-9,12-14,16H,3,10-11H2,1-2H3,(H,31,32). The number of aromatic nitrogens is 2. The Bertz CT molecular complexity index is 1330. The van der Waals surface area contributed by atoms with Gasteiger partial charge in [-0.05, 0) is 61.9 Å². The predicted molar refractivity (Wildman–Crippen MR) is 122 cm³/mol. The Morgan fingerprint density at radius 1 is 1.11 bits per heavy atom. The Balaban J connectivity index is 1.27. The quantitative estimate of drug-likeness (QED) is 0.286. The molecule has 0 spiro atoms. The van der Waals surface area contributed by atoms with Crippen LogP contribution < -0.4 is 9.47 Å². The van der Waals surface area contributed by atoms with Crippen molar-refractivity contribution in [1.82, 2.24) is 9.55 Å². The second kappa shape index (κ2) is 9.73. The van der Waals surface area contributed by atoms with Crippen LogP contribution in [0.15, 0.2) is 59.3 Å². The molecule has 1 atom stereocenters. The average molecular weight is 488 g/mol. The summed E-state index contributed by atoms with van der Waals surface area (Å²) in [5.41, 5.74) is 1.13. The van der Waals surface area contributed by atoms with Crippen molar-refractivity contribution in [1.29, 1.82) is 0 Å². The molecule has 4 aromatic rings. The zero-order valence-electron chi connectivity index (χ0n) is 19.0. The molecule has 10 heteroatoms. The van der Waals surface area contributed by atoms with Crippen molar-refractivity contribution < 1.29 is 37.0 Å². The van der Waals surface area contributed by atoms with E-state index in [0.29, 0.717) is 43.0 Å². The van der Waals surface area contributed by atoms with Crippen molar-refractivity contribution in [3.05, 3.63) is 66.2 Å². The highest BCUT2D eigenvalue weighted by Crippen LogP contribution is 2.31. The molecule has 0 fully saturated rings. The molecule has 0 bridgehead atoms. The normalized spacial score (nSPS) is 12.6. The van der Waals surface area contributed by atoms with E-state index in [-0.39, 0.29) is 5.89 Å². The minimum atomic E-state index is -4.55. The predicted octanol–water partition coefficient (Wildman–Crippen LogP) is 6.12. The fourth-order valence-corrected chi connectivity index (χ4v) is 3.60. The van der Waals surface area contributed by atoms with Gasteiger partial charge in [0.2, 0.25) is 5.89 Å². The summed E-state index contributed by atoms with van der Waals surface area (Å²) in [5, 5.41) is 10.2. The number of carbonyl (C=O) groups is 1. The maximum Gasteiger partial charge on any atom is 0.436 e. The molecule has 7 nitrogen and oxygen atoms in total. The van der Waals surface area contributed by atoms with Crippen LogP contribution in [0.25, 0.3) is 22.4 Å². The molecule has 2 aromatic carbocycles. The van der Waals surface area contributed by atoms with Crippen LogP contribution in [0.2, 0.25) is 0 Å². The van der Waals surface area contributed by atoms with Crippen LogP contribution in [0, 0.1) is 6.92 Å². The maximum absolute atomic E-state index is 12.7. The van der Waals surface area contributed by atoms with Crippen molar-refractivity contribution in [3.63, 3.8) is 0 Å². The first-order valence-corrected chi connectivity index (χ1v) is 10.9. The lowest BCUT2D eigenvalue weighted by Crippen LogP contribution is -2.14. The summed E-state index contributed by atoms with van der Waals surface area (Å²) in [6.45, 7) is 4.35. The molecule has 0 amide bonds. The highest BCUT2D eigenvalue weighted by Gasteiger charge is 2.34. The summed E-state index contributed by atoms with van der Waals surface area (Å²) in [6.07, 6.45) is -1.54. The molecule has 2 heterocycles. The van der Waals surface area contributed by atoms with Gasteiger partial charge in [-0.3, -0.25) is 0 Å². The number of hydrogen-bond acceptors (Lipinski definition) is 5. The van der Waals surface area contributed by atoms with Crippen LogP contribution in [0.1, 0.15) is 30.6 Å². The summed E-state index contributed by atoms with van der Waals surface area (Å²) < 4.78 is 56.1. The fourth-order valence-electron chi connectivity index (χ4n) is 3.60. The number of halogens is 3. The smallest absolute Gasteiger partial charge is 0.436 e. The van der Waals surface area contributed by atoms with Gasteiger partial charge in [0, 0.05) is 29.1 Å². The van der Waals surface area contributed by atoms with Crippen LogP contribution in [0.5, 0.6) is 11.5 Å². The Hall–Kier alpha value is -3.95. The third-order valence-electron chi connectivity index (χ3n) is 5.50. The summed E-state index contributed by atoms with van der Waals surface area (Å²) >= 11 is 0. The van der Waals surface area contributed by atoms with Crippen LogP contribution in [-0.2, 0) is 11.0 Å². The number of rotatable bonds is 9. The molecule has 184 valence electrons. The Morgan fingerprint density at radius 2 is 1.77 bits per heavy atom. The molecule has 1 unspecified atom stereocenters. The lowest BCUT2D eigenvalue weighted by atomic mass is 10.2. The Morgan fingerprint density at radius 3 is 2.40 bits per heavy atom. The molecule has 0 aliphatic heterocycles. The molecular formula is C25H23F3N2O5. The van der Waals surface area contributed by atoms with Crippen LogP contribution in [-0.4, -0.2) is 33.8 Å². The van der Waals surface area contributed by atoms with E-state index in [2.05, 4.69) is 4.98 Å². The molecule has 0 saturated heterocycles. The van der Waals surface area contributed by atoms with Gasteiger partial charge in [-0.15, -0.1) is 0 Å². The maximum atomic E-state index is 12.7. The average Bonchev–Trinajstić information content (AvgIpc) is 3.44. The number of aryl methyl sites for hydroxylation is 1. The zero-order chi connectivity index (χ0) is 25.2. The number of carboxylic acids is 1. The van der Waals surface area contributed by atoms with E-state index in [4.69, 9.17) is 13.9 Å². The van der Waals surface area contributed by atoms with Crippen molar-refractivity contribution in [2.75, 3.05) is 13.2 Å². The van der Waals surface area contributed by atoms with Crippen molar-refractivity contribution in [2.45, 2.75) is 32.5 Å². The van der Waals surface area contributed by atoms with Crippen LogP contribution in [0.3, 0.4) is 0 Å². The van der Waals surface area contributed by atoms with E-state index < -0.39 is 23.9 Å². The number of fused-ring (bicyclic) bond motifs is 1. The van der Waals surface area contributed by atoms with Crippen LogP contribution in [0.4, 0.5) is 13.2 Å². The molecule has 0 aliphatic rings. The van der Waals surface area contributed by atoms with Crippen molar-refractivity contribution in [2.24, 2.45) is 0 Å². The fraction of sp³-hybridized carbons (Fsp3) is 0.280. The first-order valence-electron chi connectivity index (χ1n) is 10.9. The van der Waals surface area contributed by atoms with Gasteiger partial charge in [0.15, 0.2) is 5.69 Å². The molecule has 0 saturated carbocycles. The van der Waals surface area contributed by atoms with Crippen LogP contribution >= 0.6 is 0 Å². The lowest BCUT2D eigenvalue weighted by Gasteiger charge is -2.11. The SMILES string of the molecule is Cc1cn(C(C)C(=O)O)c2ccc(OCCCOc3ccc(-c4nc(C(F)(F)F)co4)cc3)cc12. The van der Waals surface area contributed by atoms with E-state index in [0.717, 1.165) is 16.5 Å². The van der Waals surface area contributed by atoms with E-state index in [1.165, 1.54) is 0 Å². The van der Waals surface area contributed by atoms with Crippen molar-refractivity contribution in [3.8, 4) is 23.0 Å².